The molecule has 2 rings (SSSR count). The predicted octanol–water partition coefficient (Wildman–Crippen LogP) is 1.90. The Labute approximate surface area is 114 Å². The Bertz CT molecular complexity index is 499. The summed E-state index contributed by atoms with van der Waals surface area (Å²) in [4.78, 5) is 14.0. The van der Waals surface area contributed by atoms with Crippen LogP contribution in [0.15, 0.2) is 24.3 Å². The molecule has 1 aliphatic heterocycles. The summed E-state index contributed by atoms with van der Waals surface area (Å²) < 4.78 is 0. The fourth-order valence-corrected chi connectivity index (χ4v) is 2.34. The van der Waals surface area contributed by atoms with Crippen LogP contribution in [0.4, 0.5) is 0 Å². The van der Waals surface area contributed by atoms with Gasteiger partial charge in [-0.1, -0.05) is 36.5 Å². The summed E-state index contributed by atoms with van der Waals surface area (Å²) in [6.07, 6.45) is 3.94. The van der Waals surface area contributed by atoms with Gasteiger partial charge in [0.15, 0.2) is 0 Å². The van der Waals surface area contributed by atoms with Gasteiger partial charge in [0.1, 0.15) is 0 Å². The zero-order valence-corrected chi connectivity index (χ0v) is 11.2. The van der Waals surface area contributed by atoms with Crippen LogP contribution >= 0.6 is 0 Å². The van der Waals surface area contributed by atoms with Crippen molar-refractivity contribution < 1.29 is 4.79 Å². The molecular formula is C16H20N2O. The van der Waals surface area contributed by atoms with Crippen LogP contribution in [-0.4, -0.2) is 23.9 Å². The SMILES string of the molecule is NCC#Cc1ccccc1CN1CCCCCC1=O. The van der Waals surface area contributed by atoms with Crippen LogP contribution in [0.25, 0.3) is 0 Å². The molecule has 0 bridgehead atoms. The molecular weight excluding hydrogens is 236 g/mol. The van der Waals surface area contributed by atoms with Crippen molar-refractivity contribution >= 4 is 5.91 Å². The first-order chi connectivity index (χ1) is 9.31. The monoisotopic (exact) mass is 256 g/mol. The number of nitrogens with two attached hydrogens (primary N) is 1. The molecule has 3 nitrogen and oxygen atoms in total. The van der Waals surface area contributed by atoms with Crippen molar-refractivity contribution in [1.82, 2.24) is 4.90 Å². The third-order valence-corrected chi connectivity index (χ3v) is 3.38. The van der Waals surface area contributed by atoms with E-state index in [4.69, 9.17) is 5.73 Å². The molecule has 1 aromatic carbocycles. The fraction of sp³-hybridized carbons (Fsp3) is 0.438. The van der Waals surface area contributed by atoms with E-state index >= 15 is 0 Å². The van der Waals surface area contributed by atoms with Gasteiger partial charge >= 0.3 is 0 Å². The summed E-state index contributed by atoms with van der Waals surface area (Å²) in [5.41, 5.74) is 7.50. The van der Waals surface area contributed by atoms with Gasteiger partial charge in [-0.05, 0) is 24.5 Å². The molecule has 19 heavy (non-hydrogen) atoms. The molecule has 0 unspecified atom stereocenters. The van der Waals surface area contributed by atoms with Crippen LogP contribution in [0.2, 0.25) is 0 Å². The average Bonchev–Trinajstić information content (AvgIpc) is 2.63. The van der Waals surface area contributed by atoms with Gasteiger partial charge in [-0.3, -0.25) is 4.79 Å². The van der Waals surface area contributed by atoms with E-state index in [0.29, 0.717) is 19.5 Å². The molecule has 0 spiro atoms. The van der Waals surface area contributed by atoms with E-state index in [1.54, 1.807) is 0 Å². The zero-order valence-electron chi connectivity index (χ0n) is 11.2. The van der Waals surface area contributed by atoms with Crippen LogP contribution in [-0.2, 0) is 11.3 Å². The van der Waals surface area contributed by atoms with Crippen molar-refractivity contribution in [3.05, 3.63) is 35.4 Å². The predicted molar refractivity (Wildman–Crippen MR) is 76.3 cm³/mol. The minimum Gasteiger partial charge on any atom is -0.338 e. The Morgan fingerprint density at radius 1 is 1.21 bits per heavy atom. The highest BCUT2D eigenvalue weighted by Crippen LogP contribution is 2.16. The van der Waals surface area contributed by atoms with Gasteiger partial charge in [-0.2, -0.15) is 0 Å². The molecule has 0 aromatic heterocycles. The second-order valence-corrected chi connectivity index (χ2v) is 4.79. The Kier molecular flexibility index (Phi) is 5.00. The Hall–Kier alpha value is -1.79. The average molecular weight is 256 g/mol. The fourth-order valence-electron chi connectivity index (χ4n) is 2.34. The van der Waals surface area contributed by atoms with Crippen molar-refractivity contribution in [2.75, 3.05) is 13.1 Å². The molecule has 1 aromatic rings. The molecule has 0 radical (unpaired) electrons. The number of amides is 1. The van der Waals surface area contributed by atoms with E-state index in [2.05, 4.69) is 11.8 Å². The van der Waals surface area contributed by atoms with Gasteiger partial charge in [0, 0.05) is 25.1 Å². The molecule has 1 fully saturated rings. The minimum atomic E-state index is 0.263. The summed E-state index contributed by atoms with van der Waals surface area (Å²) in [7, 11) is 0. The molecule has 1 saturated heterocycles. The minimum absolute atomic E-state index is 0.263. The standard InChI is InChI=1S/C16H20N2O/c17-11-6-9-14-7-3-4-8-15(14)13-18-12-5-1-2-10-16(18)19/h3-4,7-8H,1-2,5,10-13,17H2. The first kappa shape index (κ1) is 13.6. The van der Waals surface area contributed by atoms with Crippen LogP contribution in [0.5, 0.6) is 0 Å². The first-order valence-corrected chi connectivity index (χ1v) is 6.86. The van der Waals surface area contributed by atoms with Gasteiger partial charge in [-0.25, -0.2) is 0 Å². The van der Waals surface area contributed by atoms with Gasteiger partial charge < -0.3 is 10.6 Å². The summed E-state index contributed by atoms with van der Waals surface area (Å²) in [6, 6.07) is 7.98. The molecule has 1 heterocycles. The number of rotatable bonds is 2. The maximum atomic E-state index is 12.0. The lowest BCUT2D eigenvalue weighted by atomic mass is 10.1. The highest BCUT2D eigenvalue weighted by molar-refractivity contribution is 5.76. The van der Waals surface area contributed by atoms with E-state index < -0.39 is 0 Å². The topological polar surface area (TPSA) is 46.3 Å². The van der Waals surface area contributed by atoms with Crippen LogP contribution < -0.4 is 5.73 Å². The highest BCUT2D eigenvalue weighted by Gasteiger charge is 2.17. The lowest BCUT2D eigenvalue weighted by Gasteiger charge is -2.21. The highest BCUT2D eigenvalue weighted by atomic mass is 16.2. The molecule has 1 amide bonds. The smallest absolute Gasteiger partial charge is 0.222 e. The summed E-state index contributed by atoms with van der Waals surface area (Å²) in [5, 5.41) is 0. The van der Waals surface area contributed by atoms with Gasteiger partial charge in [-0.15, -0.1) is 0 Å². The maximum absolute atomic E-state index is 12.0. The van der Waals surface area contributed by atoms with E-state index in [9.17, 15) is 4.79 Å². The summed E-state index contributed by atoms with van der Waals surface area (Å²) in [5.74, 6) is 6.22. The number of nitrogens with zero attached hydrogens (tertiary/aromatic N) is 1. The van der Waals surface area contributed by atoms with E-state index in [1.807, 2.05) is 29.2 Å². The van der Waals surface area contributed by atoms with Gasteiger partial charge in [0.25, 0.3) is 0 Å². The van der Waals surface area contributed by atoms with Crippen molar-refractivity contribution in [3.8, 4) is 11.8 Å². The molecule has 0 saturated carbocycles. The quantitative estimate of drug-likeness (QED) is 0.821. The number of carbonyl (C=O) groups excluding carboxylic acids is 1. The molecule has 3 heteroatoms. The number of hydrogen-bond donors (Lipinski definition) is 1. The molecule has 2 N–H and O–H groups in total. The number of benzene rings is 1. The van der Waals surface area contributed by atoms with Crippen molar-refractivity contribution in [2.24, 2.45) is 5.73 Å². The maximum Gasteiger partial charge on any atom is 0.222 e. The van der Waals surface area contributed by atoms with Crippen molar-refractivity contribution in [1.29, 1.82) is 0 Å². The van der Waals surface area contributed by atoms with Crippen LogP contribution in [0.1, 0.15) is 36.8 Å². The number of carbonyl (C=O) groups is 1. The molecule has 100 valence electrons. The molecule has 0 atom stereocenters. The molecule has 0 aliphatic carbocycles. The third-order valence-electron chi connectivity index (χ3n) is 3.38. The normalized spacial score (nSPS) is 15.6. The third kappa shape index (κ3) is 3.84. The van der Waals surface area contributed by atoms with Gasteiger partial charge in [0.05, 0.1) is 6.54 Å². The Morgan fingerprint density at radius 3 is 2.89 bits per heavy atom. The van der Waals surface area contributed by atoms with Crippen LogP contribution in [0, 0.1) is 11.8 Å². The second-order valence-electron chi connectivity index (χ2n) is 4.79. The van der Waals surface area contributed by atoms with E-state index in [0.717, 1.165) is 36.9 Å². The van der Waals surface area contributed by atoms with E-state index in [-0.39, 0.29) is 5.91 Å². The Balaban J connectivity index is 2.15. The van der Waals surface area contributed by atoms with E-state index in [1.165, 1.54) is 0 Å². The Morgan fingerprint density at radius 2 is 2.05 bits per heavy atom. The lowest BCUT2D eigenvalue weighted by molar-refractivity contribution is -0.131. The van der Waals surface area contributed by atoms with Crippen molar-refractivity contribution in [2.45, 2.75) is 32.2 Å². The lowest BCUT2D eigenvalue weighted by Crippen LogP contribution is -2.29. The number of likely N-dealkylation sites (tertiary alicyclic amines) is 1. The molecule has 1 aliphatic rings. The van der Waals surface area contributed by atoms with Gasteiger partial charge in [0.2, 0.25) is 5.91 Å². The summed E-state index contributed by atoms with van der Waals surface area (Å²) in [6.45, 7) is 1.88. The second kappa shape index (κ2) is 6.96. The zero-order chi connectivity index (χ0) is 13.5. The largest absolute Gasteiger partial charge is 0.338 e. The number of hydrogen-bond acceptors (Lipinski definition) is 2. The summed E-state index contributed by atoms with van der Waals surface area (Å²) >= 11 is 0. The first-order valence-electron chi connectivity index (χ1n) is 6.86. The van der Waals surface area contributed by atoms with Crippen LogP contribution in [0.3, 0.4) is 0 Å². The van der Waals surface area contributed by atoms with Crippen molar-refractivity contribution in [3.63, 3.8) is 0 Å².